The summed E-state index contributed by atoms with van der Waals surface area (Å²) in [5.74, 6) is 0. The molecule has 1 aromatic heterocycles. The van der Waals surface area contributed by atoms with Gasteiger partial charge in [-0.3, -0.25) is 5.10 Å². The van der Waals surface area contributed by atoms with Gasteiger partial charge in [0.15, 0.2) is 6.29 Å². The van der Waals surface area contributed by atoms with Crippen molar-refractivity contribution in [3.8, 4) is 11.1 Å². The summed E-state index contributed by atoms with van der Waals surface area (Å²) >= 11 is 0. The van der Waals surface area contributed by atoms with E-state index in [9.17, 15) is 0 Å². The fraction of sp³-hybridized carbons (Fsp3) is 0.250. The lowest BCUT2D eigenvalue weighted by Gasteiger charge is -2.13. The first kappa shape index (κ1) is 9.57. The molecule has 0 saturated carbocycles. The summed E-state index contributed by atoms with van der Waals surface area (Å²) < 4.78 is 11.0. The number of nitrogens with zero attached hydrogens (tertiary/aromatic N) is 1. The first-order valence-corrected chi connectivity index (χ1v) is 5.17. The molecule has 4 heteroatoms. The van der Waals surface area contributed by atoms with Crippen LogP contribution in [-0.4, -0.2) is 23.4 Å². The van der Waals surface area contributed by atoms with Crippen LogP contribution >= 0.6 is 0 Å². The zero-order valence-corrected chi connectivity index (χ0v) is 8.64. The molecule has 3 rings (SSSR count). The normalized spacial score (nSPS) is 16.8. The van der Waals surface area contributed by atoms with E-state index >= 15 is 0 Å². The van der Waals surface area contributed by atoms with Crippen molar-refractivity contribution in [1.29, 1.82) is 0 Å². The van der Waals surface area contributed by atoms with E-state index in [4.69, 9.17) is 9.47 Å². The molecule has 1 saturated heterocycles. The van der Waals surface area contributed by atoms with Crippen LogP contribution in [-0.2, 0) is 9.47 Å². The molecule has 2 aromatic rings. The van der Waals surface area contributed by atoms with E-state index in [0.29, 0.717) is 13.2 Å². The average molecular weight is 215 g/mol. The lowest BCUT2D eigenvalue weighted by molar-refractivity contribution is -0.0436. The third-order valence-corrected chi connectivity index (χ3v) is 2.58. The van der Waals surface area contributed by atoms with E-state index in [0.717, 1.165) is 16.7 Å². The zero-order chi connectivity index (χ0) is 10.8. The number of aromatic nitrogens is 2. The van der Waals surface area contributed by atoms with Crippen LogP contribution in [0.2, 0.25) is 0 Å². The van der Waals surface area contributed by atoms with E-state index < -0.39 is 0 Å². The number of nitrogens with one attached hydrogen (secondary N) is 1. The van der Waals surface area contributed by atoms with Crippen molar-refractivity contribution in [2.24, 2.45) is 0 Å². The summed E-state index contributed by atoms with van der Waals surface area (Å²) in [6.07, 6.45) is 3.36. The highest BCUT2D eigenvalue weighted by Gasteiger charge is 2.21. The van der Waals surface area contributed by atoms with Crippen LogP contribution in [0.25, 0.3) is 11.1 Å². The fourth-order valence-corrected chi connectivity index (χ4v) is 1.84. The molecule has 1 radical (unpaired) electrons. The van der Waals surface area contributed by atoms with Gasteiger partial charge in [0.25, 0.3) is 0 Å². The van der Waals surface area contributed by atoms with Crippen molar-refractivity contribution >= 4 is 0 Å². The van der Waals surface area contributed by atoms with Crippen LogP contribution in [0.3, 0.4) is 0 Å². The van der Waals surface area contributed by atoms with Crippen molar-refractivity contribution < 1.29 is 9.47 Å². The van der Waals surface area contributed by atoms with E-state index in [2.05, 4.69) is 16.3 Å². The van der Waals surface area contributed by atoms with E-state index in [1.54, 1.807) is 6.20 Å². The van der Waals surface area contributed by atoms with Gasteiger partial charge in [0.1, 0.15) is 0 Å². The molecule has 2 heterocycles. The first-order chi connectivity index (χ1) is 7.95. The highest BCUT2D eigenvalue weighted by molar-refractivity contribution is 5.66. The van der Waals surface area contributed by atoms with Gasteiger partial charge < -0.3 is 9.47 Å². The number of benzene rings is 1. The molecule has 0 spiro atoms. The maximum absolute atomic E-state index is 5.50. The molecule has 16 heavy (non-hydrogen) atoms. The molecule has 1 N–H and O–H groups in total. The largest absolute Gasteiger partial charge is 0.346 e. The first-order valence-electron chi connectivity index (χ1n) is 5.17. The number of hydrogen-bond donors (Lipinski definition) is 1. The number of hydrogen-bond acceptors (Lipinski definition) is 3. The number of ether oxygens (including phenoxy) is 2. The van der Waals surface area contributed by atoms with Gasteiger partial charge in [0.05, 0.1) is 19.4 Å². The SMILES string of the molecule is [c]1ccc(-c2cn[nH]c2)c(C2OCCO2)c1. The predicted molar refractivity (Wildman–Crippen MR) is 57.5 cm³/mol. The molecular weight excluding hydrogens is 204 g/mol. The third-order valence-electron chi connectivity index (χ3n) is 2.58. The molecule has 1 aliphatic rings. The molecule has 0 bridgehead atoms. The minimum absolute atomic E-state index is 0.276. The molecule has 1 aliphatic heterocycles. The molecule has 0 aliphatic carbocycles. The second kappa shape index (κ2) is 4.08. The summed E-state index contributed by atoms with van der Waals surface area (Å²) in [4.78, 5) is 0. The Morgan fingerprint density at radius 3 is 3.00 bits per heavy atom. The standard InChI is InChI=1S/C12H11N2O2/c1-2-4-11(12-15-5-6-16-12)10(3-1)9-7-13-14-8-9/h1,3-4,7-8,12H,5-6H2,(H,13,14). The third kappa shape index (κ3) is 1.62. The van der Waals surface area contributed by atoms with Crippen molar-refractivity contribution in [3.05, 3.63) is 42.2 Å². The van der Waals surface area contributed by atoms with Crippen LogP contribution in [0.4, 0.5) is 0 Å². The van der Waals surface area contributed by atoms with Crippen LogP contribution in [0.15, 0.2) is 30.6 Å². The summed E-state index contributed by atoms with van der Waals surface area (Å²) in [6.45, 7) is 1.29. The van der Waals surface area contributed by atoms with Gasteiger partial charge in [-0.2, -0.15) is 5.10 Å². The van der Waals surface area contributed by atoms with E-state index in [-0.39, 0.29) is 6.29 Å². The molecule has 0 unspecified atom stereocenters. The number of rotatable bonds is 2. The Hall–Kier alpha value is -1.65. The Morgan fingerprint density at radius 1 is 1.38 bits per heavy atom. The van der Waals surface area contributed by atoms with Gasteiger partial charge in [-0.15, -0.1) is 0 Å². The predicted octanol–water partition coefficient (Wildman–Crippen LogP) is 1.92. The second-order valence-electron chi connectivity index (χ2n) is 3.57. The maximum Gasteiger partial charge on any atom is 0.184 e. The van der Waals surface area contributed by atoms with Gasteiger partial charge in [-0.25, -0.2) is 0 Å². The monoisotopic (exact) mass is 215 g/mol. The quantitative estimate of drug-likeness (QED) is 0.832. The Kier molecular flexibility index (Phi) is 2.44. The van der Waals surface area contributed by atoms with Crippen LogP contribution in [0.5, 0.6) is 0 Å². The molecule has 1 fully saturated rings. The molecule has 81 valence electrons. The Labute approximate surface area is 93.2 Å². The Bertz CT molecular complexity index is 462. The van der Waals surface area contributed by atoms with Gasteiger partial charge in [0.2, 0.25) is 0 Å². The molecule has 0 amide bonds. The van der Waals surface area contributed by atoms with Crippen molar-refractivity contribution in [2.75, 3.05) is 13.2 Å². The summed E-state index contributed by atoms with van der Waals surface area (Å²) in [5.41, 5.74) is 3.10. The molecule has 1 aromatic carbocycles. The van der Waals surface area contributed by atoms with Crippen molar-refractivity contribution in [3.63, 3.8) is 0 Å². The summed E-state index contributed by atoms with van der Waals surface area (Å²) in [5, 5.41) is 6.75. The summed E-state index contributed by atoms with van der Waals surface area (Å²) in [6, 6.07) is 8.82. The maximum atomic E-state index is 5.50. The van der Waals surface area contributed by atoms with Crippen LogP contribution in [0, 0.1) is 6.07 Å². The zero-order valence-electron chi connectivity index (χ0n) is 8.64. The van der Waals surface area contributed by atoms with Crippen molar-refractivity contribution in [2.45, 2.75) is 6.29 Å². The second-order valence-corrected chi connectivity index (χ2v) is 3.57. The van der Waals surface area contributed by atoms with Crippen molar-refractivity contribution in [1.82, 2.24) is 10.2 Å². The molecule has 4 nitrogen and oxygen atoms in total. The highest BCUT2D eigenvalue weighted by atomic mass is 16.7. The molecule has 0 atom stereocenters. The Balaban J connectivity index is 2.04. The fourth-order valence-electron chi connectivity index (χ4n) is 1.84. The summed E-state index contributed by atoms with van der Waals surface area (Å²) in [7, 11) is 0. The van der Waals surface area contributed by atoms with Gasteiger partial charge in [0, 0.05) is 17.3 Å². The van der Waals surface area contributed by atoms with E-state index in [1.807, 2.05) is 24.4 Å². The minimum atomic E-state index is -0.276. The van der Waals surface area contributed by atoms with Crippen LogP contribution < -0.4 is 0 Å². The average Bonchev–Trinajstić information content (AvgIpc) is 3.03. The van der Waals surface area contributed by atoms with Gasteiger partial charge >= 0.3 is 0 Å². The lowest BCUT2D eigenvalue weighted by atomic mass is 10.0. The minimum Gasteiger partial charge on any atom is -0.346 e. The van der Waals surface area contributed by atoms with Gasteiger partial charge in [-0.05, 0) is 17.7 Å². The number of H-pyrrole nitrogens is 1. The van der Waals surface area contributed by atoms with Gasteiger partial charge in [-0.1, -0.05) is 12.1 Å². The van der Waals surface area contributed by atoms with Crippen LogP contribution in [0.1, 0.15) is 11.9 Å². The van der Waals surface area contributed by atoms with E-state index in [1.165, 1.54) is 0 Å². The highest BCUT2D eigenvalue weighted by Crippen LogP contribution is 2.31. The lowest BCUT2D eigenvalue weighted by Crippen LogP contribution is -2.00. The topological polar surface area (TPSA) is 47.1 Å². The number of aromatic amines is 1. The molecular formula is C12H11N2O2. The Morgan fingerprint density at radius 2 is 2.25 bits per heavy atom. The smallest absolute Gasteiger partial charge is 0.184 e.